The lowest BCUT2D eigenvalue weighted by Crippen LogP contribution is -2.44. The molecule has 0 aromatic heterocycles. The molecule has 1 N–H and O–H groups in total. The fourth-order valence-corrected chi connectivity index (χ4v) is 1.72. The van der Waals surface area contributed by atoms with Gasteiger partial charge in [-0.2, -0.15) is 0 Å². The Labute approximate surface area is 78.4 Å². The van der Waals surface area contributed by atoms with Crippen molar-refractivity contribution < 1.29 is 14.6 Å². The van der Waals surface area contributed by atoms with Gasteiger partial charge < -0.3 is 9.84 Å². The molecule has 1 heterocycles. The Morgan fingerprint density at radius 1 is 1.62 bits per heavy atom. The maximum absolute atomic E-state index is 11.0. The molecule has 0 spiro atoms. The van der Waals surface area contributed by atoms with E-state index in [1.165, 1.54) is 0 Å². The lowest BCUT2D eigenvalue weighted by atomic mass is 9.88. The van der Waals surface area contributed by atoms with Gasteiger partial charge in [-0.15, -0.1) is 6.58 Å². The van der Waals surface area contributed by atoms with Gasteiger partial charge in [0.05, 0.1) is 0 Å². The monoisotopic (exact) mass is 184 g/mol. The van der Waals surface area contributed by atoms with Crippen LogP contribution < -0.4 is 0 Å². The first kappa shape index (κ1) is 10.3. The number of rotatable bonds is 3. The van der Waals surface area contributed by atoms with E-state index in [1.807, 2.05) is 6.92 Å². The van der Waals surface area contributed by atoms with Crippen LogP contribution in [-0.4, -0.2) is 23.3 Å². The molecule has 0 amide bonds. The Bertz CT molecular complexity index is 214. The summed E-state index contributed by atoms with van der Waals surface area (Å²) in [4.78, 5) is 11.0. The van der Waals surface area contributed by atoms with Crippen molar-refractivity contribution in [2.24, 2.45) is 0 Å². The predicted molar refractivity (Wildman–Crippen MR) is 49.6 cm³/mol. The molecule has 0 radical (unpaired) electrons. The van der Waals surface area contributed by atoms with Gasteiger partial charge in [0.15, 0.2) is 5.60 Å². The summed E-state index contributed by atoms with van der Waals surface area (Å²) in [6, 6.07) is 0. The Morgan fingerprint density at radius 3 is 2.69 bits per heavy atom. The summed E-state index contributed by atoms with van der Waals surface area (Å²) in [5.41, 5.74) is -0.117. The Hall–Kier alpha value is -0.830. The Morgan fingerprint density at radius 2 is 2.31 bits per heavy atom. The van der Waals surface area contributed by atoms with E-state index >= 15 is 0 Å². The largest absolute Gasteiger partial charge is 0.479 e. The summed E-state index contributed by atoms with van der Waals surface area (Å²) >= 11 is 0. The molecular formula is C10H16O3. The van der Waals surface area contributed by atoms with Gasteiger partial charge in [-0.25, -0.2) is 4.79 Å². The zero-order chi connectivity index (χ0) is 9.90. The topological polar surface area (TPSA) is 46.5 Å². The molecule has 3 nitrogen and oxygen atoms in total. The predicted octanol–water partition coefficient (Wildman–Crippen LogP) is 1.98. The minimum atomic E-state index is -0.982. The lowest BCUT2D eigenvalue weighted by molar-refractivity contribution is -0.172. The highest BCUT2D eigenvalue weighted by Crippen LogP contribution is 2.30. The molecule has 13 heavy (non-hydrogen) atoms. The van der Waals surface area contributed by atoms with Crippen LogP contribution in [0.25, 0.3) is 0 Å². The van der Waals surface area contributed by atoms with Crippen LogP contribution >= 0.6 is 0 Å². The molecular weight excluding hydrogens is 168 g/mol. The highest BCUT2D eigenvalue weighted by molar-refractivity contribution is 5.78. The zero-order valence-electron chi connectivity index (χ0n) is 8.01. The van der Waals surface area contributed by atoms with Crippen LogP contribution in [-0.2, 0) is 9.53 Å². The van der Waals surface area contributed by atoms with E-state index in [4.69, 9.17) is 9.84 Å². The van der Waals surface area contributed by atoms with E-state index in [-0.39, 0.29) is 0 Å². The molecule has 1 saturated heterocycles. The third-order valence-corrected chi connectivity index (χ3v) is 2.33. The van der Waals surface area contributed by atoms with Crippen molar-refractivity contribution in [1.82, 2.24) is 0 Å². The molecule has 1 atom stereocenters. The Kier molecular flexibility index (Phi) is 3.09. The van der Waals surface area contributed by atoms with E-state index in [9.17, 15) is 4.79 Å². The van der Waals surface area contributed by atoms with Crippen LogP contribution in [0.2, 0.25) is 0 Å². The second-order valence-electron chi connectivity index (χ2n) is 3.74. The van der Waals surface area contributed by atoms with Crippen molar-refractivity contribution in [3.05, 3.63) is 12.2 Å². The lowest BCUT2D eigenvalue weighted by Gasteiger charge is -2.33. The number of hydrogen-bond acceptors (Lipinski definition) is 2. The molecule has 0 aromatic rings. The van der Waals surface area contributed by atoms with Crippen LogP contribution in [0.5, 0.6) is 0 Å². The molecule has 0 aliphatic carbocycles. The number of ether oxygens (including phenoxy) is 1. The van der Waals surface area contributed by atoms with Crippen molar-refractivity contribution in [3.63, 3.8) is 0 Å². The van der Waals surface area contributed by atoms with Crippen LogP contribution in [0.4, 0.5) is 0 Å². The fourth-order valence-electron chi connectivity index (χ4n) is 1.72. The molecule has 3 heteroatoms. The molecule has 0 saturated carbocycles. The van der Waals surface area contributed by atoms with Crippen LogP contribution in [0.1, 0.15) is 32.6 Å². The summed E-state index contributed by atoms with van der Waals surface area (Å²) in [6.07, 6.45) is 2.93. The molecule has 0 bridgehead atoms. The SMILES string of the molecule is C=C(C)CC1(C(=O)O)CCCCO1. The molecule has 1 aliphatic heterocycles. The zero-order valence-corrected chi connectivity index (χ0v) is 8.01. The minimum absolute atomic E-state index is 0.433. The van der Waals surface area contributed by atoms with Crippen LogP contribution in [0.15, 0.2) is 12.2 Å². The second-order valence-corrected chi connectivity index (χ2v) is 3.74. The molecule has 74 valence electrons. The molecule has 1 aliphatic rings. The van der Waals surface area contributed by atoms with Crippen LogP contribution in [0.3, 0.4) is 0 Å². The average molecular weight is 184 g/mol. The first-order chi connectivity index (χ1) is 6.07. The van der Waals surface area contributed by atoms with E-state index < -0.39 is 11.6 Å². The van der Waals surface area contributed by atoms with Gasteiger partial charge in [0.25, 0.3) is 0 Å². The highest BCUT2D eigenvalue weighted by atomic mass is 16.5. The van der Waals surface area contributed by atoms with Crippen molar-refractivity contribution in [2.75, 3.05) is 6.61 Å². The van der Waals surface area contributed by atoms with Crippen molar-refractivity contribution in [1.29, 1.82) is 0 Å². The van der Waals surface area contributed by atoms with Crippen molar-refractivity contribution in [3.8, 4) is 0 Å². The second kappa shape index (κ2) is 3.92. The first-order valence-corrected chi connectivity index (χ1v) is 4.58. The van der Waals surface area contributed by atoms with E-state index in [2.05, 4.69) is 6.58 Å². The summed E-state index contributed by atoms with van der Waals surface area (Å²) in [5.74, 6) is -0.852. The van der Waals surface area contributed by atoms with Gasteiger partial charge in [0.2, 0.25) is 0 Å². The number of carbonyl (C=O) groups is 1. The molecule has 1 unspecified atom stereocenters. The maximum Gasteiger partial charge on any atom is 0.336 e. The summed E-state index contributed by atoms with van der Waals surface area (Å²) in [7, 11) is 0. The molecule has 0 aromatic carbocycles. The first-order valence-electron chi connectivity index (χ1n) is 4.58. The van der Waals surface area contributed by atoms with Gasteiger partial charge >= 0.3 is 5.97 Å². The van der Waals surface area contributed by atoms with Crippen molar-refractivity contribution in [2.45, 2.75) is 38.2 Å². The van der Waals surface area contributed by atoms with Gasteiger partial charge in [0.1, 0.15) is 0 Å². The smallest absolute Gasteiger partial charge is 0.336 e. The van der Waals surface area contributed by atoms with E-state index in [0.717, 1.165) is 18.4 Å². The minimum Gasteiger partial charge on any atom is -0.479 e. The van der Waals surface area contributed by atoms with Crippen LogP contribution in [0, 0.1) is 0 Å². The number of hydrogen-bond donors (Lipinski definition) is 1. The standard InChI is InChI=1S/C10H16O3/c1-8(2)7-10(9(11)12)5-3-4-6-13-10/h1,3-7H2,2H3,(H,11,12). The highest BCUT2D eigenvalue weighted by Gasteiger charge is 2.40. The fraction of sp³-hybridized carbons (Fsp3) is 0.700. The van der Waals surface area contributed by atoms with Gasteiger partial charge in [-0.1, -0.05) is 5.57 Å². The van der Waals surface area contributed by atoms with Gasteiger partial charge in [0, 0.05) is 13.0 Å². The molecule has 1 rings (SSSR count). The Balaban J connectivity index is 2.73. The number of carboxylic acids is 1. The third-order valence-electron chi connectivity index (χ3n) is 2.33. The van der Waals surface area contributed by atoms with Crippen molar-refractivity contribution >= 4 is 5.97 Å². The summed E-state index contributed by atoms with van der Waals surface area (Å²) in [6.45, 7) is 6.12. The third kappa shape index (κ3) is 2.31. The normalized spacial score (nSPS) is 28.4. The number of aliphatic carboxylic acids is 1. The number of carboxylic acid groups (broad SMARTS) is 1. The molecule has 1 fully saturated rings. The van der Waals surface area contributed by atoms with E-state index in [0.29, 0.717) is 19.4 Å². The van der Waals surface area contributed by atoms with Gasteiger partial charge in [-0.3, -0.25) is 0 Å². The average Bonchev–Trinajstić information content (AvgIpc) is 2.04. The summed E-state index contributed by atoms with van der Waals surface area (Å²) in [5, 5.41) is 9.07. The quantitative estimate of drug-likeness (QED) is 0.682. The summed E-state index contributed by atoms with van der Waals surface area (Å²) < 4.78 is 5.38. The van der Waals surface area contributed by atoms with Gasteiger partial charge in [-0.05, 0) is 26.2 Å². The maximum atomic E-state index is 11.0. The van der Waals surface area contributed by atoms with E-state index in [1.54, 1.807) is 0 Å².